The van der Waals surface area contributed by atoms with Crippen LogP contribution in [0.25, 0.3) is 0 Å². The zero-order valence-electron chi connectivity index (χ0n) is 24.2. The van der Waals surface area contributed by atoms with E-state index in [0.29, 0.717) is 58.6 Å². The first-order valence-corrected chi connectivity index (χ1v) is 16.4. The zero-order valence-corrected chi connectivity index (χ0v) is 27.4. The lowest BCUT2D eigenvalue weighted by Gasteiger charge is -2.38. The summed E-state index contributed by atoms with van der Waals surface area (Å²) in [7, 11) is 0. The van der Waals surface area contributed by atoms with Gasteiger partial charge < -0.3 is 14.8 Å². The lowest BCUT2D eigenvalue weighted by atomic mass is 9.73. The van der Waals surface area contributed by atoms with Crippen LogP contribution in [0.5, 0.6) is 11.5 Å². The maximum absolute atomic E-state index is 13.8. The van der Waals surface area contributed by atoms with Crippen LogP contribution in [0, 0.1) is 5.41 Å². The van der Waals surface area contributed by atoms with Gasteiger partial charge in [-0.3, -0.25) is 4.79 Å². The number of thioether (sulfide) groups is 1. The van der Waals surface area contributed by atoms with Crippen LogP contribution in [0.4, 0.5) is 5.95 Å². The van der Waals surface area contributed by atoms with Crippen molar-refractivity contribution in [3.8, 4) is 11.5 Å². The number of rotatable bonds is 9. The Morgan fingerprint density at radius 3 is 2.63 bits per heavy atom. The van der Waals surface area contributed by atoms with E-state index >= 15 is 0 Å². The summed E-state index contributed by atoms with van der Waals surface area (Å²) in [6, 6.07) is 21.3. The molecule has 1 atom stereocenters. The van der Waals surface area contributed by atoms with Gasteiger partial charge in [-0.2, -0.15) is 4.98 Å². The fourth-order valence-electron chi connectivity index (χ4n) is 5.60. The van der Waals surface area contributed by atoms with Crippen LogP contribution in [-0.2, 0) is 17.2 Å². The van der Waals surface area contributed by atoms with E-state index in [-0.39, 0.29) is 11.2 Å². The van der Waals surface area contributed by atoms with E-state index in [4.69, 9.17) is 31.2 Å². The SMILES string of the molecule is CCOc1cc(C2C3=C(CC(C)(C)CC3=O)Nc3nc(SCc4ccccc4Cl)nn32)cc(Br)c1OCc1ccccc1. The number of halogens is 2. The molecular formula is C33H32BrClN4O3S. The molecule has 0 amide bonds. The maximum Gasteiger partial charge on any atom is 0.227 e. The third-order valence-corrected chi connectivity index (χ3v) is 9.34. The number of ketones is 1. The number of nitrogens with zero attached hydrogens (tertiary/aromatic N) is 3. The van der Waals surface area contributed by atoms with Crippen molar-refractivity contribution in [1.82, 2.24) is 14.8 Å². The van der Waals surface area contributed by atoms with E-state index < -0.39 is 6.04 Å². The van der Waals surface area contributed by atoms with Crippen LogP contribution in [0.2, 0.25) is 5.02 Å². The van der Waals surface area contributed by atoms with Gasteiger partial charge in [0.15, 0.2) is 17.3 Å². The Kier molecular flexibility index (Phi) is 8.58. The minimum Gasteiger partial charge on any atom is -0.490 e. The number of ether oxygens (including phenoxy) is 2. The molecule has 0 fully saturated rings. The number of benzene rings is 3. The number of aromatic nitrogens is 3. The number of nitrogens with one attached hydrogen (secondary N) is 1. The molecule has 7 nitrogen and oxygen atoms in total. The fourth-order valence-corrected chi connectivity index (χ4v) is 7.28. The molecule has 1 aromatic heterocycles. The number of allylic oxidation sites excluding steroid dienone is 2. The predicted molar refractivity (Wildman–Crippen MR) is 174 cm³/mol. The van der Waals surface area contributed by atoms with Gasteiger partial charge in [0.25, 0.3) is 0 Å². The van der Waals surface area contributed by atoms with Gasteiger partial charge in [0.2, 0.25) is 11.1 Å². The maximum atomic E-state index is 13.8. The van der Waals surface area contributed by atoms with Gasteiger partial charge in [-0.1, -0.05) is 85.7 Å². The standard InChI is InChI=1S/C33H32BrClN4O3S/c1-4-41-27-15-22(14-23(34)30(27)42-18-20-10-6-5-7-11-20)29-28-25(16-33(2,3)17-26(28)40)36-31-37-32(38-39(29)31)43-19-21-12-8-9-13-24(21)35/h5-15,29H,4,16-19H2,1-3H3,(H,36,37,38). The van der Waals surface area contributed by atoms with Crippen LogP contribution >= 0.6 is 39.3 Å². The van der Waals surface area contributed by atoms with Crippen molar-refractivity contribution in [3.63, 3.8) is 0 Å². The number of hydrogen-bond acceptors (Lipinski definition) is 7. The molecule has 6 rings (SSSR count). The smallest absolute Gasteiger partial charge is 0.227 e. The second-order valence-electron chi connectivity index (χ2n) is 11.4. The Morgan fingerprint density at radius 2 is 1.86 bits per heavy atom. The molecule has 3 aromatic carbocycles. The van der Waals surface area contributed by atoms with Gasteiger partial charge >= 0.3 is 0 Å². The summed E-state index contributed by atoms with van der Waals surface area (Å²) in [6.07, 6.45) is 1.19. The quantitative estimate of drug-likeness (QED) is 0.178. The molecule has 2 heterocycles. The summed E-state index contributed by atoms with van der Waals surface area (Å²) in [5.41, 5.74) is 4.37. The van der Waals surface area contributed by atoms with Gasteiger partial charge in [0.1, 0.15) is 12.6 Å². The number of Topliss-reactive ketones (excluding diaryl/α,β-unsaturated/α-hetero) is 1. The first-order chi connectivity index (χ1) is 20.7. The Labute approximate surface area is 269 Å². The molecule has 0 saturated heterocycles. The minimum absolute atomic E-state index is 0.105. The number of carbonyl (C=O) groups excluding carboxylic acids is 1. The molecule has 0 radical (unpaired) electrons. The summed E-state index contributed by atoms with van der Waals surface area (Å²) in [6.45, 7) is 7.05. The molecule has 0 spiro atoms. The Bertz CT molecular complexity index is 1710. The van der Waals surface area contributed by atoms with Gasteiger partial charge in [0, 0.05) is 28.5 Å². The molecule has 0 bridgehead atoms. The van der Waals surface area contributed by atoms with E-state index in [1.54, 1.807) is 0 Å². The number of carbonyl (C=O) groups is 1. The summed E-state index contributed by atoms with van der Waals surface area (Å²) >= 11 is 11.7. The van der Waals surface area contributed by atoms with Gasteiger partial charge in [0.05, 0.1) is 11.1 Å². The monoisotopic (exact) mass is 678 g/mol. The van der Waals surface area contributed by atoms with E-state index in [0.717, 1.165) is 33.3 Å². The third-order valence-electron chi connectivity index (χ3n) is 7.50. The molecule has 1 unspecified atom stereocenters. The Morgan fingerprint density at radius 1 is 1.09 bits per heavy atom. The average Bonchev–Trinajstić information content (AvgIpc) is 3.37. The van der Waals surface area contributed by atoms with Crippen molar-refractivity contribution in [3.05, 3.63) is 104 Å². The molecule has 1 aliphatic heterocycles. The molecule has 10 heteroatoms. The topological polar surface area (TPSA) is 78.3 Å². The second kappa shape index (κ2) is 12.4. The average molecular weight is 680 g/mol. The molecule has 0 saturated carbocycles. The molecular weight excluding hydrogens is 648 g/mol. The normalized spacial score (nSPS) is 17.2. The minimum atomic E-state index is -0.476. The van der Waals surface area contributed by atoms with Crippen molar-refractivity contribution >= 4 is 51.0 Å². The first-order valence-electron chi connectivity index (χ1n) is 14.2. The van der Waals surface area contributed by atoms with Crippen molar-refractivity contribution in [1.29, 1.82) is 0 Å². The van der Waals surface area contributed by atoms with Crippen LogP contribution in [-0.4, -0.2) is 27.2 Å². The summed E-state index contributed by atoms with van der Waals surface area (Å²) in [4.78, 5) is 18.6. The van der Waals surface area contributed by atoms with E-state index in [9.17, 15) is 4.79 Å². The predicted octanol–water partition coefficient (Wildman–Crippen LogP) is 8.62. The van der Waals surface area contributed by atoms with Crippen LogP contribution < -0.4 is 14.8 Å². The molecule has 2 aliphatic rings. The highest BCUT2D eigenvalue weighted by atomic mass is 79.9. The lowest BCUT2D eigenvalue weighted by Crippen LogP contribution is -2.36. The van der Waals surface area contributed by atoms with Crippen molar-refractivity contribution < 1.29 is 14.3 Å². The largest absolute Gasteiger partial charge is 0.490 e. The van der Waals surface area contributed by atoms with E-state index in [2.05, 4.69) is 35.1 Å². The number of fused-ring (bicyclic) bond motifs is 1. The van der Waals surface area contributed by atoms with Crippen molar-refractivity contribution in [2.24, 2.45) is 5.41 Å². The van der Waals surface area contributed by atoms with Crippen molar-refractivity contribution in [2.45, 2.75) is 57.2 Å². The number of hydrogen-bond donors (Lipinski definition) is 1. The Hall–Kier alpha value is -3.27. The number of anilines is 1. The van der Waals surface area contributed by atoms with Gasteiger partial charge in [-0.05, 0) is 69.6 Å². The van der Waals surface area contributed by atoms with E-state index in [1.807, 2.05) is 78.3 Å². The van der Waals surface area contributed by atoms with Crippen molar-refractivity contribution in [2.75, 3.05) is 11.9 Å². The van der Waals surface area contributed by atoms with Gasteiger partial charge in [-0.25, -0.2) is 4.68 Å². The third kappa shape index (κ3) is 6.35. The Balaban J connectivity index is 1.39. The van der Waals surface area contributed by atoms with E-state index in [1.165, 1.54) is 11.8 Å². The highest BCUT2D eigenvalue weighted by Crippen LogP contribution is 2.48. The first kappa shape index (κ1) is 29.8. The molecule has 4 aromatic rings. The van der Waals surface area contributed by atoms with Gasteiger partial charge in [-0.15, -0.1) is 5.10 Å². The van der Waals surface area contributed by atoms with Crippen LogP contribution in [0.3, 0.4) is 0 Å². The fraction of sp³-hybridized carbons (Fsp3) is 0.303. The molecule has 1 N–H and O–H groups in total. The molecule has 222 valence electrons. The summed E-state index contributed by atoms with van der Waals surface area (Å²) < 4.78 is 14.9. The zero-order chi connectivity index (χ0) is 30.1. The summed E-state index contributed by atoms with van der Waals surface area (Å²) in [5.74, 6) is 2.55. The highest BCUT2D eigenvalue weighted by molar-refractivity contribution is 9.10. The van der Waals surface area contributed by atoms with Crippen LogP contribution in [0.15, 0.2) is 87.6 Å². The molecule has 43 heavy (non-hydrogen) atoms. The van der Waals surface area contributed by atoms with Crippen LogP contribution in [0.1, 0.15) is 56.3 Å². The lowest BCUT2D eigenvalue weighted by molar-refractivity contribution is -0.118. The second-order valence-corrected chi connectivity index (χ2v) is 13.6. The molecule has 1 aliphatic carbocycles. The summed E-state index contributed by atoms with van der Waals surface area (Å²) in [5, 5.41) is 9.68. The highest BCUT2D eigenvalue weighted by Gasteiger charge is 2.42.